The minimum absolute atomic E-state index is 0.0859. The predicted octanol–water partition coefficient (Wildman–Crippen LogP) is 3.74. The maximum absolute atomic E-state index is 13.9. The number of rotatable bonds is 4. The first kappa shape index (κ1) is 18.8. The van der Waals surface area contributed by atoms with Crippen LogP contribution in [0.1, 0.15) is 24.4 Å². The number of nitrogen functional groups attached to an aromatic ring is 1. The number of fused-ring (bicyclic) bond motifs is 1. The molecule has 0 aliphatic heterocycles. The number of nitriles is 1. The fourth-order valence-corrected chi connectivity index (χ4v) is 3.60. The molecule has 0 spiro atoms. The van der Waals surface area contributed by atoms with Crippen molar-refractivity contribution in [1.82, 2.24) is 24.5 Å². The quantitative estimate of drug-likeness (QED) is 0.483. The summed E-state index contributed by atoms with van der Waals surface area (Å²) >= 11 is 3.55. The van der Waals surface area contributed by atoms with Gasteiger partial charge in [0, 0.05) is 10.5 Å². The molecule has 0 saturated heterocycles. The van der Waals surface area contributed by atoms with Gasteiger partial charge in [-0.25, -0.2) is 19.3 Å². The third-order valence-electron chi connectivity index (χ3n) is 4.33. The summed E-state index contributed by atoms with van der Waals surface area (Å²) in [6.07, 6.45) is 3.98. The van der Waals surface area contributed by atoms with E-state index in [-0.39, 0.29) is 11.4 Å². The Morgan fingerprint density at radius 1 is 1.31 bits per heavy atom. The molecule has 8 nitrogen and oxygen atoms in total. The number of imidazole rings is 1. The molecule has 0 aliphatic carbocycles. The lowest BCUT2D eigenvalue weighted by molar-refractivity contribution is 0.619. The van der Waals surface area contributed by atoms with Gasteiger partial charge in [-0.05, 0) is 35.0 Å². The number of anilines is 2. The number of nitrogens with one attached hydrogen (secondary N) is 1. The molecule has 144 valence electrons. The Kier molecular flexibility index (Phi) is 4.82. The van der Waals surface area contributed by atoms with E-state index >= 15 is 0 Å². The number of nitrogens with two attached hydrogens (primary N) is 1. The number of para-hydroxylation sites is 1. The van der Waals surface area contributed by atoms with Crippen molar-refractivity contribution in [2.75, 3.05) is 11.1 Å². The van der Waals surface area contributed by atoms with Crippen LogP contribution in [-0.4, -0.2) is 24.5 Å². The van der Waals surface area contributed by atoms with Crippen molar-refractivity contribution in [1.29, 1.82) is 5.26 Å². The molecule has 0 saturated carbocycles. The molecule has 0 unspecified atom stereocenters. The number of hydrogen-bond acceptors (Lipinski definition) is 7. The van der Waals surface area contributed by atoms with Gasteiger partial charge >= 0.3 is 0 Å². The lowest BCUT2D eigenvalue weighted by Crippen LogP contribution is -2.15. The van der Waals surface area contributed by atoms with E-state index in [0.717, 1.165) is 21.7 Å². The number of nitrogens with zero attached hydrogens (tertiary/aromatic N) is 6. The van der Waals surface area contributed by atoms with E-state index in [1.54, 1.807) is 6.20 Å². The first-order valence-corrected chi connectivity index (χ1v) is 9.33. The Labute approximate surface area is 173 Å². The monoisotopic (exact) mass is 452 g/mol. The van der Waals surface area contributed by atoms with Crippen LogP contribution in [0, 0.1) is 17.1 Å². The molecule has 29 heavy (non-hydrogen) atoms. The SMILES string of the molecule is C[C@H](Nc1ncnc(N)c1C#N)c1nc2cccc(Br)c2n1-c1cncc(F)c1. The molecule has 1 atom stereocenters. The van der Waals surface area contributed by atoms with E-state index in [4.69, 9.17) is 10.7 Å². The zero-order valence-corrected chi connectivity index (χ0v) is 16.7. The second-order valence-electron chi connectivity index (χ2n) is 6.23. The zero-order chi connectivity index (χ0) is 20.5. The molecule has 0 radical (unpaired) electrons. The van der Waals surface area contributed by atoms with Crippen molar-refractivity contribution >= 4 is 38.6 Å². The van der Waals surface area contributed by atoms with Crippen molar-refractivity contribution in [2.24, 2.45) is 0 Å². The Morgan fingerprint density at radius 3 is 2.90 bits per heavy atom. The molecule has 0 bridgehead atoms. The molecule has 4 aromatic rings. The average molecular weight is 453 g/mol. The fourth-order valence-electron chi connectivity index (χ4n) is 3.07. The van der Waals surface area contributed by atoms with Gasteiger partial charge in [0.25, 0.3) is 0 Å². The average Bonchev–Trinajstić information content (AvgIpc) is 3.09. The van der Waals surface area contributed by atoms with Crippen LogP contribution < -0.4 is 11.1 Å². The Hall–Kier alpha value is -3.58. The van der Waals surface area contributed by atoms with Crippen molar-refractivity contribution in [3.63, 3.8) is 0 Å². The van der Waals surface area contributed by atoms with Gasteiger partial charge in [-0.1, -0.05) is 6.07 Å². The molecule has 0 aliphatic rings. The fraction of sp³-hybridized carbons (Fsp3) is 0.105. The van der Waals surface area contributed by atoms with Crippen molar-refractivity contribution in [2.45, 2.75) is 13.0 Å². The molecule has 0 amide bonds. The summed E-state index contributed by atoms with van der Waals surface area (Å²) in [5.74, 6) is 0.504. The third kappa shape index (κ3) is 3.36. The molecule has 1 aromatic carbocycles. The van der Waals surface area contributed by atoms with Crippen LogP contribution in [-0.2, 0) is 0 Å². The topological polar surface area (TPSA) is 118 Å². The van der Waals surface area contributed by atoms with Gasteiger partial charge < -0.3 is 11.1 Å². The summed E-state index contributed by atoms with van der Waals surface area (Å²) < 4.78 is 16.5. The van der Waals surface area contributed by atoms with Gasteiger partial charge in [-0.2, -0.15) is 5.26 Å². The number of hydrogen-bond donors (Lipinski definition) is 2. The van der Waals surface area contributed by atoms with Crippen LogP contribution in [0.4, 0.5) is 16.0 Å². The van der Waals surface area contributed by atoms with Gasteiger partial charge in [-0.15, -0.1) is 0 Å². The minimum atomic E-state index is -0.460. The second kappa shape index (κ2) is 7.44. The number of pyridine rings is 1. The first-order valence-electron chi connectivity index (χ1n) is 8.54. The summed E-state index contributed by atoms with van der Waals surface area (Å²) in [4.78, 5) is 16.6. The third-order valence-corrected chi connectivity index (χ3v) is 4.97. The molecule has 0 fully saturated rings. The first-order chi connectivity index (χ1) is 14.0. The second-order valence-corrected chi connectivity index (χ2v) is 7.09. The molecule has 3 heterocycles. The smallest absolute Gasteiger partial charge is 0.150 e. The van der Waals surface area contributed by atoms with E-state index in [2.05, 4.69) is 36.2 Å². The number of benzene rings is 1. The van der Waals surface area contributed by atoms with Gasteiger partial charge in [-0.3, -0.25) is 9.55 Å². The Morgan fingerprint density at radius 2 is 2.14 bits per heavy atom. The summed E-state index contributed by atoms with van der Waals surface area (Å²) in [6, 6.07) is 8.60. The maximum Gasteiger partial charge on any atom is 0.150 e. The summed E-state index contributed by atoms with van der Waals surface area (Å²) in [6.45, 7) is 1.86. The lowest BCUT2D eigenvalue weighted by Gasteiger charge is -2.17. The summed E-state index contributed by atoms with van der Waals surface area (Å²) in [7, 11) is 0. The molecule has 10 heteroatoms. The largest absolute Gasteiger partial charge is 0.382 e. The summed E-state index contributed by atoms with van der Waals surface area (Å²) in [5.41, 5.74) is 7.93. The molecular formula is C19H14BrFN8. The van der Waals surface area contributed by atoms with Gasteiger partial charge in [0.1, 0.15) is 41.2 Å². The highest BCUT2D eigenvalue weighted by atomic mass is 79.9. The normalized spacial score (nSPS) is 11.9. The van der Waals surface area contributed by atoms with E-state index in [9.17, 15) is 9.65 Å². The maximum atomic E-state index is 13.9. The van der Waals surface area contributed by atoms with Crippen molar-refractivity contribution in [3.05, 3.63) is 64.7 Å². The highest BCUT2D eigenvalue weighted by molar-refractivity contribution is 9.10. The van der Waals surface area contributed by atoms with Crippen LogP contribution in [0.2, 0.25) is 0 Å². The molecule has 4 rings (SSSR count). The number of aromatic nitrogens is 5. The van der Waals surface area contributed by atoms with Crippen molar-refractivity contribution in [3.8, 4) is 11.8 Å². The van der Waals surface area contributed by atoms with Crippen LogP contribution in [0.15, 0.2) is 47.5 Å². The predicted molar refractivity (Wildman–Crippen MR) is 110 cm³/mol. The van der Waals surface area contributed by atoms with Crippen LogP contribution in [0.3, 0.4) is 0 Å². The minimum Gasteiger partial charge on any atom is -0.382 e. The lowest BCUT2D eigenvalue weighted by atomic mass is 10.2. The Bertz CT molecular complexity index is 1260. The van der Waals surface area contributed by atoms with E-state index in [1.165, 1.54) is 12.4 Å². The standard InChI is InChI=1S/C19H14BrFN8/c1-10(27-18-13(6-22)17(23)25-9-26-18)19-28-15-4-2-3-14(20)16(15)29(19)12-5-11(21)7-24-8-12/h2-5,7-10H,1H3,(H3,23,25,26,27)/t10-/m0/s1. The van der Waals surface area contributed by atoms with Crippen molar-refractivity contribution < 1.29 is 4.39 Å². The van der Waals surface area contributed by atoms with Crippen LogP contribution in [0.25, 0.3) is 16.7 Å². The van der Waals surface area contributed by atoms with Crippen LogP contribution in [0.5, 0.6) is 0 Å². The molecule has 3 N–H and O–H groups in total. The highest BCUT2D eigenvalue weighted by Gasteiger charge is 2.21. The summed E-state index contributed by atoms with van der Waals surface area (Å²) in [5, 5.41) is 12.5. The van der Waals surface area contributed by atoms with Crippen LogP contribution >= 0.6 is 15.9 Å². The zero-order valence-electron chi connectivity index (χ0n) is 15.1. The van der Waals surface area contributed by atoms with E-state index in [0.29, 0.717) is 17.3 Å². The van der Waals surface area contributed by atoms with Gasteiger partial charge in [0.2, 0.25) is 0 Å². The van der Waals surface area contributed by atoms with E-state index in [1.807, 2.05) is 35.8 Å². The molecular weight excluding hydrogens is 439 g/mol. The molecule has 3 aromatic heterocycles. The highest BCUT2D eigenvalue weighted by Crippen LogP contribution is 2.32. The van der Waals surface area contributed by atoms with E-state index < -0.39 is 11.9 Å². The Balaban J connectivity index is 1.88. The van der Waals surface area contributed by atoms with Gasteiger partial charge in [0.05, 0.1) is 35.2 Å². The number of halogens is 2. The van der Waals surface area contributed by atoms with Gasteiger partial charge in [0.15, 0.2) is 0 Å².